The van der Waals surface area contributed by atoms with Crippen LogP contribution in [-0.2, 0) is 0 Å². The van der Waals surface area contributed by atoms with Crippen LogP contribution in [-0.4, -0.2) is 22.6 Å². The van der Waals surface area contributed by atoms with Gasteiger partial charge < -0.3 is 28.6 Å². The van der Waals surface area contributed by atoms with Crippen LogP contribution in [0.2, 0.25) is 0 Å². The van der Waals surface area contributed by atoms with Crippen molar-refractivity contribution < 1.29 is 34.9 Å². The number of aromatic nitrogens is 2. The van der Waals surface area contributed by atoms with Crippen molar-refractivity contribution in [2.75, 3.05) is 14.7 Å². The average Bonchev–Trinajstić information content (AvgIpc) is 1.55. The maximum atomic E-state index is 12.1. The Balaban J connectivity index is 0.924. The second kappa shape index (κ2) is 27.9. The van der Waals surface area contributed by atoms with Crippen molar-refractivity contribution in [1.82, 2.24) is 9.13 Å². The van der Waals surface area contributed by atoms with Gasteiger partial charge in [0.05, 0.1) is 69.3 Å². The molecule has 6 heterocycles. The lowest BCUT2D eigenvalue weighted by Gasteiger charge is -2.48. The monoisotopic (exact) mass is 1570 g/mol. The van der Waals surface area contributed by atoms with E-state index in [1.807, 2.05) is 307 Å². The molecule has 4 aliphatic heterocycles. The smallest absolute Gasteiger partial charge is 0.256 e. The third-order valence-electron chi connectivity index (χ3n) is 24.3. The Hall–Kier alpha value is -15.9. The van der Waals surface area contributed by atoms with Crippen LogP contribution < -0.4 is 52.2 Å². The third-order valence-corrected chi connectivity index (χ3v) is 24.3. The summed E-state index contributed by atoms with van der Waals surface area (Å²) in [6.07, 6.45) is 0. The minimum Gasteiger partial charge on any atom is -0.459 e. The van der Waals surface area contributed by atoms with Gasteiger partial charge in [0.2, 0.25) is 0 Å². The first-order valence-electron chi connectivity index (χ1n) is 51.4. The molecule has 0 atom stereocenters. The van der Waals surface area contributed by atoms with E-state index >= 15 is 0 Å². The lowest BCUT2D eigenvalue weighted by atomic mass is 9.30. The lowest BCUT2D eigenvalue weighted by Crippen LogP contribution is -2.65. The molecule has 0 fully saturated rings. The van der Waals surface area contributed by atoms with Gasteiger partial charge in [-0.05, 0) is 162 Å². The second-order valence-electron chi connectivity index (χ2n) is 30.7. The topological polar surface area (TPSA) is 28.8 Å². The van der Waals surface area contributed by atoms with E-state index in [0.717, 1.165) is 20.3 Å². The van der Waals surface area contributed by atoms with E-state index < -0.39 is 180 Å². The molecule has 4 aliphatic rings. The Labute approximate surface area is 739 Å². The first kappa shape index (κ1) is 50.7. The maximum absolute atomic E-state index is 12.1. The van der Waals surface area contributed by atoms with E-state index in [-0.39, 0.29) is 61.0 Å². The van der Waals surface area contributed by atoms with Crippen LogP contribution in [0.25, 0.3) is 133 Å². The molecule has 0 N–H and O–H groups in total. The van der Waals surface area contributed by atoms with Gasteiger partial charge >= 0.3 is 0 Å². The number of anilines is 9. The van der Waals surface area contributed by atoms with E-state index in [1.54, 1.807) is 0 Å². The fraction of sp³-hybridized carbons (Fsp3) is 0. The molecule has 566 valence electrons. The van der Waals surface area contributed by atoms with Crippen LogP contribution in [0.3, 0.4) is 0 Å². The molecular weight excluding hydrogens is 1480 g/mol. The van der Waals surface area contributed by atoms with Crippen molar-refractivity contribution in [2.24, 2.45) is 0 Å². The number of rotatable bonds is 12. The molecule has 0 bridgehead atoms. The molecule has 0 aliphatic carbocycles. The van der Waals surface area contributed by atoms with E-state index in [9.17, 15) is 30.2 Å². The first-order valence-corrected chi connectivity index (χ1v) is 40.4. The van der Waals surface area contributed by atoms with Gasteiger partial charge in [-0.25, -0.2) is 0 Å². The molecule has 0 saturated carbocycles. The van der Waals surface area contributed by atoms with Crippen molar-refractivity contribution in [1.29, 1.82) is 0 Å². The summed E-state index contributed by atoms with van der Waals surface area (Å²) in [6.45, 7) is -2.80. The minimum absolute atomic E-state index is 0.0175. The van der Waals surface area contributed by atoms with Gasteiger partial charge in [-0.15, -0.1) is 0 Å². The zero-order valence-corrected chi connectivity index (χ0v) is 64.7. The number of benzene rings is 19. The molecule has 0 spiro atoms. The van der Waals surface area contributed by atoms with Gasteiger partial charge in [0, 0.05) is 94.9 Å². The summed E-state index contributed by atoms with van der Waals surface area (Å²) in [6, 6.07) is 84.6. The van der Waals surface area contributed by atoms with Crippen molar-refractivity contribution in [3.8, 4) is 101 Å². The zero-order valence-electron chi connectivity index (χ0n) is 86.7. The standard InChI is InChI=1S/C114H73B2N5O/c1-8-34-74(35-9-1)81-62-67-108-96(68-81)115-94-65-63-83(117-98-58-28-23-49-90(98)91-50-24-29-59-99(91)117)71-102(94)121(113-88(79-44-18-6-19-45-79)55-33-56-89(113)80-46-20-7-21-47-80)107-73-106-111(114(122-108)110(107)115)116-95-66-64-84(118-100-60-30-25-51-92(100)93-52-26-31-61-101(93)118)72-103(95)120(112-86(77-40-14-4-15-41-77)53-32-54-87(112)78-42-16-5-17-43-78)105-70-82(75-36-10-2-11-37-75)69-104(109(105)116)119(106)97-57-27-22-48-85(97)76-38-12-3-13-39-76/h1-73H/i23D,24D,25D,26D,28D,29D,30D,31D,49D,50D,51D,52D,58D,59D,60D,61D,63D,64D,65D,66D,71D,72D. The number of hydrogen-bond donors (Lipinski definition) is 0. The van der Waals surface area contributed by atoms with Gasteiger partial charge in [-0.3, -0.25) is 0 Å². The van der Waals surface area contributed by atoms with Gasteiger partial charge in [-0.1, -0.05) is 364 Å². The predicted octanol–water partition coefficient (Wildman–Crippen LogP) is 26.0. The minimum atomic E-state index is -1.45. The quantitative estimate of drug-likeness (QED) is 0.114. The molecule has 8 heteroatoms. The molecule has 0 unspecified atom stereocenters. The third kappa shape index (κ3) is 10.7. The highest BCUT2D eigenvalue weighted by molar-refractivity contribution is 7.03. The van der Waals surface area contributed by atoms with E-state index in [0.29, 0.717) is 123 Å². The SMILES string of the molecule is [2H]c1c([2H])c(-n2c3c([2H])c([2H])c([2H])c([2H])c3c3c([2H])c([2H])c([2H])c([2H])c32)c([2H])c2c1B1c3c(cc(-c4ccccc4)cc3N2c2c(-c3ccccc3)cccc2-c2ccccc2)N(c2ccccc2-c2ccccc2)c2cc3c4c(c21)Oc1ccc(-c2ccccc2)cc1B4c1c([2H])c([2H])c(-n2c4c([2H])c([2H])c([2H])c([2H])c4c4c([2H])c([2H])c([2H])c([2H])c42)c([2H])c1N3c1c(-c2ccccc2)cccc1-c1ccccc1. The van der Waals surface area contributed by atoms with Gasteiger partial charge in [0.1, 0.15) is 11.5 Å². The predicted molar refractivity (Wildman–Crippen MR) is 513 cm³/mol. The molecule has 21 aromatic rings. The van der Waals surface area contributed by atoms with E-state index in [2.05, 4.69) is 17.0 Å². The highest BCUT2D eigenvalue weighted by atomic mass is 16.5. The van der Waals surface area contributed by atoms with E-state index in [4.69, 9.17) is 4.74 Å². The van der Waals surface area contributed by atoms with Crippen LogP contribution in [0.1, 0.15) is 30.2 Å². The number of para-hydroxylation sites is 7. The normalized spacial score (nSPS) is 15.3. The number of fused-ring (bicyclic) bond motifs is 15. The largest absolute Gasteiger partial charge is 0.459 e. The Morgan fingerprint density at radius 1 is 0.230 bits per heavy atom. The molecule has 2 aromatic heterocycles. The second-order valence-corrected chi connectivity index (χ2v) is 30.7. The highest BCUT2D eigenvalue weighted by Gasteiger charge is 2.52. The Morgan fingerprint density at radius 3 is 1.02 bits per heavy atom. The average molecular weight is 1570 g/mol. The van der Waals surface area contributed by atoms with Crippen LogP contribution in [0, 0.1) is 0 Å². The Bertz CT molecular complexity index is 8960. The summed E-state index contributed by atoms with van der Waals surface area (Å²) in [5.74, 6) is 0.322. The Morgan fingerprint density at radius 2 is 0.574 bits per heavy atom. The van der Waals surface area contributed by atoms with Crippen molar-refractivity contribution in [3.05, 3.63) is 442 Å². The lowest BCUT2D eigenvalue weighted by molar-refractivity contribution is 0.491. The van der Waals surface area contributed by atoms with Gasteiger partial charge in [0.25, 0.3) is 13.4 Å². The molecule has 122 heavy (non-hydrogen) atoms. The first-order chi connectivity index (χ1) is 69.8. The number of nitrogens with zero attached hydrogens (tertiary/aromatic N) is 5. The Kier molecular flexibility index (Phi) is 11.6. The fourth-order valence-electron chi connectivity index (χ4n) is 19.1. The summed E-state index contributed by atoms with van der Waals surface area (Å²) in [4.78, 5) is 6.06. The summed E-state index contributed by atoms with van der Waals surface area (Å²) in [5.41, 5.74) is 11.3. The van der Waals surface area contributed by atoms with Crippen molar-refractivity contribution in [2.45, 2.75) is 0 Å². The van der Waals surface area contributed by atoms with E-state index in [1.165, 1.54) is 0 Å². The molecular formula is C114H73B2N5O. The summed E-state index contributed by atoms with van der Waals surface area (Å²) in [7, 11) is 0. The zero-order chi connectivity index (χ0) is 99.2. The van der Waals surface area contributed by atoms with Crippen LogP contribution in [0.5, 0.6) is 11.5 Å². The van der Waals surface area contributed by atoms with Crippen LogP contribution in [0.4, 0.5) is 51.2 Å². The summed E-state index contributed by atoms with van der Waals surface area (Å²) >= 11 is 0. The molecule has 0 amide bonds. The number of ether oxygens (including phenoxy) is 1. The van der Waals surface area contributed by atoms with Gasteiger partial charge in [-0.2, -0.15) is 0 Å². The van der Waals surface area contributed by atoms with Gasteiger partial charge in [0.15, 0.2) is 0 Å². The molecule has 6 nitrogen and oxygen atoms in total. The molecule has 19 aromatic carbocycles. The van der Waals surface area contributed by atoms with Crippen LogP contribution in [0.15, 0.2) is 442 Å². The van der Waals surface area contributed by atoms with Crippen LogP contribution >= 0.6 is 0 Å². The maximum Gasteiger partial charge on any atom is 0.256 e. The molecule has 0 saturated heterocycles. The van der Waals surface area contributed by atoms with Crippen molar-refractivity contribution >= 4 is 141 Å². The number of hydrogen-bond acceptors (Lipinski definition) is 4. The highest BCUT2D eigenvalue weighted by Crippen LogP contribution is 2.57. The molecule has 25 rings (SSSR count). The fourth-order valence-corrected chi connectivity index (χ4v) is 19.1. The van der Waals surface area contributed by atoms with Crippen molar-refractivity contribution in [3.63, 3.8) is 0 Å². The summed E-state index contributed by atoms with van der Waals surface area (Å²) < 4.78 is 235. The summed E-state index contributed by atoms with van der Waals surface area (Å²) in [5, 5.41) is -1.30. The molecule has 0 radical (unpaired) electrons.